The first kappa shape index (κ1) is 23.9. The number of rotatable bonds is 6. The number of dihydropyridines is 1. The van der Waals surface area contributed by atoms with Crippen LogP contribution in [0, 0.1) is 0 Å². The average Bonchev–Trinajstić information content (AvgIpc) is 3.43. The first-order valence-corrected chi connectivity index (χ1v) is 12.7. The Balaban J connectivity index is 1.64. The maximum atomic E-state index is 13.8. The van der Waals surface area contributed by atoms with Crippen LogP contribution in [0.1, 0.15) is 42.0 Å². The molecule has 0 fully saturated rings. The van der Waals surface area contributed by atoms with E-state index in [1.54, 1.807) is 25.6 Å². The number of carbonyl (C=O) groups is 2. The molecule has 2 heterocycles. The normalized spacial score (nSPS) is 19.5. The van der Waals surface area contributed by atoms with Gasteiger partial charge in [-0.3, -0.25) is 9.59 Å². The van der Waals surface area contributed by atoms with Crippen LogP contribution in [0.3, 0.4) is 0 Å². The van der Waals surface area contributed by atoms with Crippen LogP contribution in [0.25, 0.3) is 0 Å². The van der Waals surface area contributed by atoms with Gasteiger partial charge in [0.1, 0.15) is 11.5 Å². The zero-order chi connectivity index (χ0) is 25.2. The average molecular weight is 501 g/mol. The highest BCUT2D eigenvalue weighted by Gasteiger charge is 2.42. The Labute approximate surface area is 214 Å². The van der Waals surface area contributed by atoms with Crippen molar-refractivity contribution in [2.75, 3.05) is 19.5 Å². The molecule has 0 bridgehead atoms. The number of amides is 1. The van der Waals surface area contributed by atoms with Crippen LogP contribution in [0.5, 0.6) is 11.5 Å². The second-order valence-corrected chi connectivity index (χ2v) is 9.94. The highest BCUT2D eigenvalue weighted by Crippen LogP contribution is 2.48. The van der Waals surface area contributed by atoms with E-state index in [4.69, 9.17) is 9.47 Å². The number of methoxy groups -OCH3 is 2. The van der Waals surface area contributed by atoms with Crippen LogP contribution in [0.4, 0.5) is 5.69 Å². The summed E-state index contributed by atoms with van der Waals surface area (Å²) in [4.78, 5) is 28.7. The van der Waals surface area contributed by atoms with Gasteiger partial charge in [-0.25, -0.2) is 0 Å². The predicted molar refractivity (Wildman–Crippen MR) is 142 cm³/mol. The number of anilines is 1. The molecule has 5 rings (SSSR count). The van der Waals surface area contributed by atoms with Crippen LogP contribution >= 0.6 is 11.3 Å². The molecule has 0 saturated carbocycles. The van der Waals surface area contributed by atoms with E-state index in [-0.39, 0.29) is 17.6 Å². The van der Waals surface area contributed by atoms with Crippen LogP contribution in [-0.2, 0) is 9.59 Å². The molecule has 0 unspecified atom stereocenters. The zero-order valence-electron chi connectivity index (χ0n) is 20.5. The van der Waals surface area contributed by atoms with E-state index >= 15 is 0 Å². The first-order valence-electron chi connectivity index (χ1n) is 11.9. The highest BCUT2D eigenvalue weighted by molar-refractivity contribution is 7.10. The Bertz CT molecular complexity index is 1360. The number of thiophene rings is 1. The Kier molecular flexibility index (Phi) is 6.65. The molecule has 1 aliphatic carbocycles. The molecule has 1 aromatic heterocycles. The van der Waals surface area contributed by atoms with E-state index < -0.39 is 5.92 Å². The number of allylic oxidation sites excluding steroid dienone is 3. The lowest BCUT2D eigenvalue weighted by molar-refractivity contribution is -0.116. The molecular weight excluding hydrogens is 472 g/mol. The van der Waals surface area contributed by atoms with E-state index in [2.05, 4.69) is 16.7 Å². The van der Waals surface area contributed by atoms with Gasteiger partial charge in [0.25, 0.3) is 5.91 Å². The van der Waals surface area contributed by atoms with E-state index in [0.717, 1.165) is 17.0 Å². The molecule has 2 atom stereocenters. The second kappa shape index (κ2) is 10.0. The van der Waals surface area contributed by atoms with Crippen molar-refractivity contribution in [3.05, 3.63) is 99.0 Å². The Morgan fingerprint density at radius 2 is 1.83 bits per heavy atom. The van der Waals surface area contributed by atoms with Crippen LogP contribution in [0.2, 0.25) is 0 Å². The summed E-state index contributed by atoms with van der Waals surface area (Å²) >= 11 is 1.67. The summed E-state index contributed by atoms with van der Waals surface area (Å²) in [7, 11) is 3.19. The first-order chi connectivity index (χ1) is 17.5. The minimum atomic E-state index is -0.591. The number of ketones is 1. The standard InChI is InChI=1S/C29H28N2O4S/c1-17-26(29(33)31-19-8-5-4-6-9-19)27(21-16-20(34-2)11-12-24(21)35-3)28-22(30-17)14-18(15-23(28)32)25-10-7-13-36-25/h4-13,16,18,27,30H,14-15H2,1-3H3,(H,31,33)/t18-,27+/m0/s1. The largest absolute Gasteiger partial charge is 0.497 e. The molecule has 36 heavy (non-hydrogen) atoms. The molecule has 6 nitrogen and oxygen atoms in total. The molecular formula is C29H28N2O4S. The Morgan fingerprint density at radius 3 is 2.53 bits per heavy atom. The summed E-state index contributed by atoms with van der Waals surface area (Å²) in [6, 6.07) is 18.9. The van der Waals surface area contributed by atoms with Gasteiger partial charge >= 0.3 is 0 Å². The van der Waals surface area contributed by atoms with E-state index in [0.29, 0.717) is 41.2 Å². The molecule has 1 amide bonds. The van der Waals surface area contributed by atoms with Gasteiger partial charge in [0.05, 0.1) is 20.1 Å². The number of hydrogen-bond donors (Lipinski definition) is 2. The third kappa shape index (κ3) is 4.42. The monoisotopic (exact) mass is 500 g/mol. The molecule has 0 spiro atoms. The third-order valence-electron chi connectivity index (χ3n) is 6.80. The van der Waals surface area contributed by atoms with E-state index in [1.807, 2.05) is 66.9 Å². The quantitative estimate of drug-likeness (QED) is 0.450. The van der Waals surface area contributed by atoms with Crippen LogP contribution < -0.4 is 20.1 Å². The maximum Gasteiger partial charge on any atom is 0.254 e. The SMILES string of the molecule is COc1ccc(OC)c([C@@H]2C(C(=O)Nc3ccccc3)=C(C)NC3=C2C(=O)C[C@@H](c2cccs2)C3)c1. The number of ether oxygens (including phenoxy) is 2. The van der Waals surface area contributed by atoms with Crippen molar-refractivity contribution in [1.29, 1.82) is 0 Å². The molecule has 3 aromatic rings. The lowest BCUT2D eigenvalue weighted by Gasteiger charge is -2.37. The minimum absolute atomic E-state index is 0.0366. The second-order valence-electron chi connectivity index (χ2n) is 8.96. The lowest BCUT2D eigenvalue weighted by Crippen LogP contribution is -2.37. The number of nitrogens with one attached hydrogen (secondary N) is 2. The fraction of sp³-hybridized carbons (Fsp3) is 0.241. The fourth-order valence-corrected chi connectivity index (χ4v) is 5.99. The van der Waals surface area contributed by atoms with Gasteiger partial charge in [-0.2, -0.15) is 0 Å². The minimum Gasteiger partial charge on any atom is -0.497 e. The summed E-state index contributed by atoms with van der Waals surface area (Å²) in [5.74, 6) is 0.526. The lowest BCUT2D eigenvalue weighted by atomic mass is 9.72. The van der Waals surface area contributed by atoms with Gasteiger partial charge in [-0.15, -0.1) is 11.3 Å². The number of Topliss-reactive ketones (excluding diaryl/α,β-unsaturated/α-hetero) is 1. The summed E-state index contributed by atoms with van der Waals surface area (Å²) in [5, 5.41) is 8.48. The predicted octanol–water partition coefficient (Wildman–Crippen LogP) is 5.77. The number of carbonyl (C=O) groups excluding carboxylic acids is 2. The Hall–Kier alpha value is -3.84. The van der Waals surface area contributed by atoms with Crippen LogP contribution in [-0.4, -0.2) is 25.9 Å². The van der Waals surface area contributed by atoms with Gasteiger partial charge in [-0.1, -0.05) is 24.3 Å². The van der Waals surface area contributed by atoms with Crippen molar-refractivity contribution in [3.8, 4) is 11.5 Å². The van der Waals surface area contributed by atoms with Gasteiger partial charge in [0.15, 0.2) is 5.78 Å². The van der Waals surface area contributed by atoms with Gasteiger partial charge in [0, 0.05) is 51.0 Å². The molecule has 184 valence electrons. The number of para-hydroxylation sites is 1. The van der Waals surface area contributed by atoms with E-state index in [1.165, 1.54) is 4.88 Å². The smallest absolute Gasteiger partial charge is 0.254 e. The summed E-state index contributed by atoms with van der Waals surface area (Å²) in [5.41, 5.74) is 4.12. The van der Waals surface area contributed by atoms with Crippen molar-refractivity contribution in [1.82, 2.24) is 5.32 Å². The number of hydrogen-bond acceptors (Lipinski definition) is 6. The number of benzene rings is 2. The van der Waals surface area contributed by atoms with Crippen molar-refractivity contribution in [3.63, 3.8) is 0 Å². The molecule has 0 saturated heterocycles. The van der Waals surface area contributed by atoms with Crippen molar-refractivity contribution in [2.45, 2.75) is 31.6 Å². The topological polar surface area (TPSA) is 76.7 Å². The van der Waals surface area contributed by atoms with Gasteiger partial charge < -0.3 is 20.1 Å². The molecule has 7 heteroatoms. The fourth-order valence-electron chi connectivity index (χ4n) is 5.16. The zero-order valence-corrected chi connectivity index (χ0v) is 21.3. The summed E-state index contributed by atoms with van der Waals surface area (Å²) in [6.45, 7) is 1.89. The summed E-state index contributed by atoms with van der Waals surface area (Å²) < 4.78 is 11.2. The van der Waals surface area contributed by atoms with Gasteiger partial charge in [-0.05, 0) is 55.1 Å². The molecule has 1 aliphatic heterocycles. The van der Waals surface area contributed by atoms with Gasteiger partial charge in [0.2, 0.25) is 0 Å². The maximum absolute atomic E-state index is 13.8. The summed E-state index contributed by atoms with van der Waals surface area (Å²) in [6.07, 6.45) is 1.10. The molecule has 2 N–H and O–H groups in total. The van der Waals surface area contributed by atoms with Crippen molar-refractivity contribution < 1.29 is 19.1 Å². The third-order valence-corrected chi connectivity index (χ3v) is 7.83. The van der Waals surface area contributed by atoms with E-state index in [9.17, 15) is 9.59 Å². The molecule has 2 aliphatic rings. The van der Waals surface area contributed by atoms with Crippen LogP contribution in [0.15, 0.2) is 88.6 Å². The van der Waals surface area contributed by atoms with Crippen molar-refractivity contribution >= 4 is 28.7 Å². The molecule has 0 radical (unpaired) electrons. The van der Waals surface area contributed by atoms with Crippen molar-refractivity contribution in [2.24, 2.45) is 0 Å². The highest BCUT2D eigenvalue weighted by atomic mass is 32.1. The molecule has 2 aromatic carbocycles. The Morgan fingerprint density at radius 1 is 1.03 bits per heavy atom.